The highest BCUT2D eigenvalue weighted by molar-refractivity contribution is 5.76. The zero-order valence-electron chi connectivity index (χ0n) is 41.0. The molecule has 0 spiro atoms. The van der Waals surface area contributed by atoms with E-state index < -0.39 is 12.1 Å². The van der Waals surface area contributed by atoms with Crippen LogP contribution in [0, 0.1) is 0 Å². The minimum atomic E-state index is -0.888. The first kappa shape index (κ1) is 60.0. The fourth-order valence-corrected chi connectivity index (χ4v) is 6.59. The quantitative estimate of drug-likeness (QED) is 0.0422. The first-order valence-electron chi connectivity index (χ1n) is 25.7. The molecule has 4 heteroatoms. The first-order valence-corrected chi connectivity index (χ1v) is 25.7. The second-order valence-electron chi connectivity index (χ2n) is 16.5. The number of carbonyl (C=O) groups is 1. The number of hydrogen-bond donors (Lipinski definition) is 3. The lowest BCUT2D eigenvalue weighted by Gasteiger charge is -2.19. The molecule has 0 fully saturated rings. The zero-order chi connectivity index (χ0) is 46.3. The molecule has 0 aromatic rings. The smallest absolute Gasteiger partial charge is 0.220 e. The second-order valence-corrected chi connectivity index (χ2v) is 16.5. The summed E-state index contributed by atoms with van der Waals surface area (Å²) in [6, 6.07) is -0.665. The van der Waals surface area contributed by atoms with Crippen LogP contribution in [-0.2, 0) is 4.79 Å². The van der Waals surface area contributed by atoms with E-state index in [4.69, 9.17) is 0 Å². The molecule has 3 N–H and O–H groups in total. The molecule has 2 atom stereocenters. The third-order valence-electron chi connectivity index (χ3n) is 10.5. The van der Waals surface area contributed by atoms with Crippen molar-refractivity contribution in [1.29, 1.82) is 0 Å². The van der Waals surface area contributed by atoms with Crippen LogP contribution in [0.5, 0.6) is 0 Å². The lowest BCUT2D eigenvalue weighted by atomic mass is 10.1. The monoisotopic (exact) mass is 878 g/mol. The Bertz CT molecular complexity index is 1410. The lowest BCUT2D eigenvalue weighted by molar-refractivity contribution is -0.123. The van der Waals surface area contributed by atoms with Crippen LogP contribution in [-0.4, -0.2) is 34.9 Å². The Hall–Kier alpha value is -3.99. The second kappa shape index (κ2) is 53.3. The van der Waals surface area contributed by atoms with E-state index in [1.54, 1.807) is 6.08 Å². The number of aliphatic hydroxyl groups excluding tert-OH is 2. The van der Waals surface area contributed by atoms with Gasteiger partial charge in [0.1, 0.15) is 0 Å². The van der Waals surface area contributed by atoms with Crippen molar-refractivity contribution in [2.24, 2.45) is 0 Å². The first-order chi connectivity index (χ1) is 31.7. The minimum absolute atomic E-state index is 0.101. The minimum Gasteiger partial charge on any atom is -0.394 e. The molecule has 0 aromatic heterocycles. The van der Waals surface area contributed by atoms with E-state index in [0.717, 1.165) is 116 Å². The molecular weight excluding hydrogens is 783 g/mol. The van der Waals surface area contributed by atoms with Crippen molar-refractivity contribution in [3.05, 3.63) is 158 Å². The molecule has 0 saturated heterocycles. The van der Waals surface area contributed by atoms with Crippen molar-refractivity contribution in [3.63, 3.8) is 0 Å². The van der Waals surface area contributed by atoms with Crippen molar-refractivity contribution < 1.29 is 15.0 Å². The van der Waals surface area contributed by atoms with Gasteiger partial charge in [-0.05, 0) is 122 Å². The Morgan fingerprint density at radius 2 is 0.703 bits per heavy atom. The molecule has 0 aliphatic heterocycles. The Kier molecular flexibility index (Phi) is 50.0. The summed E-state index contributed by atoms with van der Waals surface area (Å²) in [6.45, 7) is 4.14. The maximum atomic E-state index is 12.4. The zero-order valence-corrected chi connectivity index (χ0v) is 41.0. The van der Waals surface area contributed by atoms with Gasteiger partial charge in [-0.1, -0.05) is 223 Å². The highest BCUT2D eigenvalue weighted by Crippen LogP contribution is 2.11. The van der Waals surface area contributed by atoms with E-state index >= 15 is 0 Å². The predicted molar refractivity (Wildman–Crippen MR) is 284 cm³/mol. The van der Waals surface area contributed by atoms with Gasteiger partial charge in [0.05, 0.1) is 18.8 Å². The highest BCUT2D eigenvalue weighted by atomic mass is 16.3. The van der Waals surface area contributed by atoms with Gasteiger partial charge in [0, 0.05) is 6.42 Å². The number of aliphatic hydroxyl groups is 2. The molecule has 4 nitrogen and oxygen atoms in total. The van der Waals surface area contributed by atoms with E-state index in [9.17, 15) is 15.0 Å². The lowest BCUT2D eigenvalue weighted by Crippen LogP contribution is -2.45. The Labute approximate surface area is 395 Å². The Balaban J connectivity index is 3.73. The largest absolute Gasteiger partial charge is 0.394 e. The van der Waals surface area contributed by atoms with Crippen molar-refractivity contribution in [2.75, 3.05) is 6.61 Å². The summed E-state index contributed by atoms with van der Waals surface area (Å²) < 4.78 is 0. The Morgan fingerprint density at radius 3 is 1.09 bits per heavy atom. The van der Waals surface area contributed by atoms with E-state index in [2.05, 4.69) is 165 Å². The summed E-state index contributed by atoms with van der Waals surface area (Å²) in [5.74, 6) is -0.101. The number of hydrogen-bond acceptors (Lipinski definition) is 3. The molecule has 0 bridgehead atoms. The van der Waals surface area contributed by atoms with Crippen LogP contribution in [0.3, 0.4) is 0 Å². The molecule has 1 amide bonds. The van der Waals surface area contributed by atoms with Gasteiger partial charge in [-0.3, -0.25) is 4.79 Å². The van der Waals surface area contributed by atoms with Crippen LogP contribution in [0.15, 0.2) is 158 Å². The van der Waals surface area contributed by atoms with Gasteiger partial charge in [-0.15, -0.1) is 0 Å². The summed E-state index contributed by atoms with van der Waals surface area (Å²) in [5, 5.41) is 23.0. The Morgan fingerprint density at radius 1 is 0.391 bits per heavy atom. The SMILES string of the molecule is CC/C=C\C/C=C\C/C=C\C/C=C\C/C=C\C/C=C\C/C=C\C/C=C\C/C=C\C/C=C\CCCCCCCCC(=O)NC(CO)C(O)/C=C/CC/C=C/CC/C=C/CCCCCCC. The van der Waals surface area contributed by atoms with E-state index in [-0.39, 0.29) is 12.5 Å². The molecule has 0 aromatic carbocycles. The predicted octanol–water partition coefficient (Wildman–Crippen LogP) is 17.0. The molecular formula is C60H95NO3. The number of amides is 1. The van der Waals surface area contributed by atoms with Crippen LogP contribution < -0.4 is 5.32 Å². The van der Waals surface area contributed by atoms with Crippen LogP contribution in [0.4, 0.5) is 0 Å². The van der Waals surface area contributed by atoms with Crippen LogP contribution in [0.2, 0.25) is 0 Å². The standard InChI is InChI=1S/C60H95NO3/c1-3-5-7-9-11-13-15-17-19-20-21-22-23-24-25-26-27-28-29-30-31-32-33-34-35-36-37-38-39-40-42-44-46-48-50-52-54-56-60(64)61-58(57-62)59(63)55-53-51-49-47-45-43-41-18-16-14-12-10-8-6-4-2/h5,7,11,13,16-19,21-22,24-25,27-28,30-31,33-34,36-37,39-40,45,47,53,55,58-59,62-63H,3-4,6,8-10,12,14-15,20,23,26,29,32,35,38,41-44,46,48-52,54,56-57H2,1-2H3,(H,61,64)/b7-5-,13-11-,18-16+,19-17-,22-21-,25-24-,28-27-,31-30-,34-33-,37-36-,40-39-,47-45+,55-53+. The van der Waals surface area contributed by atoms with Gasteiger partial charge in [0.25, 0.3) is 0 Å². The fourth-order valence-electron chi connectivity index (χ4n) is 6.59. The van der Waals surface area contributed by atoms with Crippen molar-refractivity contribution in [1.82, 2.24) is 5.32 Å². The maximum absolute atomic E-state index is 12.4. The van der Waals surface area contributed by atoms with Crippen LogP contribution >= 0.6 is 0 Å². The van der Waals surface area contributed by atoms with E-state index in [0.29, 0.717) is 6.42 Å². The van der Waals surface area contributed by atoms with Crippen LogP contribution in [0.25, 0.3) is 0 Å². The molecule has 0 aliphatic carbocycles. The third kappa shape index (κ3) is 49.0. The summed E-state index contributed by atoms with van der Waals surface area (Å²) in [7, 11) is 0. The molecule has 0 aliphatic rings. The number of carbonyl (C=O) groups excluding carboxylic acids is 1. The topological polar surface area (TPSA) is 69.6 Å². The summed E-state index contributed by atoms with van der Waals surface area (Å²) >= 11 is 0. The summed E-state index contributed by atoms with van der Waals surface area (Å²) in [5.41, 5.74) is 0. The summed E-state index contributed by atoms with van der Waals surface area (Å²) in [6.07, 6.45) is 86.5. The summed E-state index contributed by atoms with van der Waals surface area (Å²) in [4.78, 5) is 12.4. The van der Waals surface area contributed by atoms with E-state index in [1.165, 1.54) is 57.8 Å². The number of allylic oxidation sites excluding steroid dienone is 25. The normalized spacial score (nSPS) is 14.2. The van der Waals surface area contributed by atoms with Crippen molar-refractivity contribution in [2.45, 2.75) is 206 Å². The van der Waals surface area contributed by atoms with Crippen molar-refractivity contribution >= 4 is 5.91 Å². The molecule has 0 heterocycles. The van der Waals surface area contributed by atoms with Gasteiger partial charge in [-0.2, -0.15) is 0 Å². The van der Waals surface area contributed by atoms with Gasteiger partial charge < -0.3 is 15.5 Å². The number of unbranched alkanes of at least 4 members (excludes halogenated alkanes) is 13. The third-order valence-corrected chi connectivity index (χ3v) is 10.5. The molecule has 2 unspecified atom stereocenters. The maximum Gasteiger partial charge on any atom is 0.220 e. The van der Waals surface area contributed by atoms with Gasteiger partial charge in [0.15, 0.2) is 0 Å². The van der Waals surface area contributed by atoms with Gasteiger partial charge in [0.2, 0.25) is 5.91 Å². The average Bonchev–Trinajstić information content (AvgIpc) is 3.30. The molecule has 0 saturated carbocycles. The molecule has 0 rings (SSSR count). The van der Waals surface area contributed by atoms with E-state index in [1.807, 2.05) is 6.08 Å². The average molecular weight is 878 g/mol. The molecule has 358 valence electrons. The number of nitrogens with one attached hydrogen (secondary N) is 1. The number of rotatable bonds is 44. The van der Waals surface area contributed by atoms with Gasteiger partial charge in [-0.25, -0.2) is 0 Å². The van der Waals surface area contributed by atoms with Crippen LogP contribution in [0.1, 0.15) is 194 Å². The molecule has 0 radical (unpaired) electrons. The van der Waals surface area contributed by atoms with Crippen molar-refractivity contribution in [3.8, 4) is 0 Å². The highest BCUT2D eigenvalue weighted by Gasteiger charge is 2.17. The molecule has 64 heavy (non-hydrogen) atoms. The fraction of sp³-hybridized carbons (Fsp3) is 0.550. The van der Waals surface area contributed by atoms with Gasteiger partial charge >= 0.3 is 0 Å².